The summed E-state index contributed by atoms with van der Waals surface area (Å²) in [5, 5.41) is 8.74. The molecule has 0 aromatic heterocycles. The van der Waals surface area contributed by atoms with Crippen LogP contribution in [0.25, 0.3) is 0 Å². The summed E-state index contributed by atoms with van der Waals surface area (Å²) in [6, 6.07) is 0. The van der Waals surface area contributed by atoms with Crippen LogP contribution in [0.1, 0.15) is 19.8 Å². The van der Waals surface area contributed by atoms with Gasteiger partial charge in [-0.05, 0) is 24.8 Å². The zero-order chi connectivity index (χ0) is 8.74. The molecule has 68 valence electrons. The summed E-state index contributed by atoms with van der Waals surface area (Å²) in [5.74, 6) is 0. The molecule has 0 aromatic carbocycles. The fraction of sp³-hybridized carbons (Fsp3) is 1.00. The molecule has 3 N–H and O–H groups in total. The van der Waals surface area contributed by atoms with E-state index in [1.54, 1.807) is 7.11 Å². The molecule has 3 nitrogen and oxygen atoms in total. The molecular formula is C8H19NO2. The fourth-order valence-corrected chi connectivity index (χ4v) is 0.948. The minimum Gasteiger partial charge on any atom is -0.396 e. The molecule has 3 heteroatoms. The van der Waals surface area contributed by atoms with Crippen LogP contribution in [0.15, 0.2) is 0 Å². The van der Waals surface area contributed by atoms with Crippen molar-refractivity contribution in [2.24, 2.45) is 11.1 Å². The van der Waals surface area contributed by atoms with E-state index in [9.17, 15) is 0 Å². The van der Waals surface area contributed by atoms with E-state index in [4.69, 9.17) is 15.6 Å². The first-order valence-corrected chi connectivity index (χ1v) is 3.98. The van der Waals surface area contributed by atoms with Gasteiger partial charge in [-0.1, -0.05) is 6.92 Å². The smallest absolute Gasteiger partial charge is 0.0467 e. The number of methoxy groups -OCH3 is 1. The minimum atomic E-state index is 0.0464. The van der Waals surface area contributed by atoms with Gasteiger partial charge >= 0.3 is 0 Å². The van der Waals surface area contributed by atoms with Crippen molar-refractivity contribution in [3.8, 4) is 0 Å². The predicted molar refractivity (Wildman–Crippen MR) is 45.4 cm³/mol. The SMILES string of the molecule is COCCC(C)(CN)CCO. The van der Waals surface area contributed by atoms with Gasteiger partial charge in [-0.3, -0.25) is 0 Å². The van der Waals surface area contributed by atoms with E-state index in [0.29, 0.717) is 13.2 Å². The Labute approximate surface area is 68.5 Å². The van der Waals surface area contributed by atoms with Crippen LogP contribution in [-0.4, -0.2) is 32.0 Å². The molecule has 0 saturated heterocycles. The molecule has 0 aliphatic carbocycles. The Bertz CT molecular complexity index is 98.1. The first kappa shape index (κ1) is 10.9. The summed E-state index contributed by atoms with van der Waals surface area (Å²) < 4.78 is 4.95. The molecule has 0 aliphatic heterocycles. The second-order valence-corrected chi connectivity index (χ2v) is 3.23. The Morgan fingerprint density at radius 1 is 1.45 bits per heavy atom. The van der Waals surface area contributed by atoms with Gasteiger partial charge in [0.1, 0.15) is 0 Å². The van der Waals surface area contributed by atoms with E-state index in [-0.39, 0.29) is 12.0 Å². The zero-order valence-electron chi connectivity index (χ0n) is 7.47. The third-order valence-electron chi connectivity index (χ3n) is 2.12. The number of hydrogen-bond donors (Lipinski definition) is 2. The maximum atomic E-state index is 8.74. The summed E-state index contributed by atoms with van der Waals surface area (Å²) in [6.45, 7) is 3.60. The molecule has 0 bridgehead atoms. The number of aliphatic hydroxyl groups is 1. The lowest BCUT2D eigenvalue weighted by atomic mass is 9.84. The number of nitrogens with two attached hydrogens (primary N) is 1. The summed E-state index contributed by atoms with van der Waals surface area (Å²) in [5.41, 5.74) is 5.61. The van der Waals surface area contributed by atoms with Crippen molar-refractivity contribution in [2.45, 2.75) is 19.8 Å². The standard InChI is InChI=1S/C8H19NO2/c1-8(7-9,3-5-10)4-6-11-2/h10H,3-7,9H2,1-2H3. The van der Waals surface area contributed by atoms with Crippen molar-refractivity contribution >= 4 is 0 Å². The van der Waals surface area contributed by atoms with Crippen molar-refractivity contribution < 1.29 is 9.84 Å². The Hall–Kier alpha value is -0.120. The zero-order valence-corrected chi connectivity index (χ0v) is 7.47. The summed E-state index contributed by atoms with van der Waals surface area (Å²) in [7, 11) is 1.68. The van der Waals surface area contributed by atoms with E-state index >= 15 is 0 Å². The van der Waals surface area contributed by atoms with Crippen LogP contribution >= 0.6 is 0 Å². The van der Waals surface area contributed by atoms with Gasteiger partial charge < -0.3 is 15.6 Å². The van der Waals surface area contributed by atoms with Crippen molar-refractivity contribution in [3.63, 3.8) is 0 Å². The fourth-order valence-electron chi connectivity index (χ4n) is 0.948. The molecule has 11 heavy (non-hydrogen) atoms. The van der Waals surface area contributed by atoms with Gasteiger partial charge in [0.05, 0.1) is 0 Å². The molecule has 0 fully saturated rings. The third-order valence-corrected chi connectivity index (χ3v) is 2.12. The summed E-state index contributed by atoms with van der Waals surface area (Å²) in [4.78, 5) is 0. The van der Waals surface area contributed by atoms with Gasteiger partial charge in [0.25, 0.3) is 0 Å². The maximum absolute atomic E-state index is 8.74. The van der Waals surface area contributed by atoms with E-state index in [2.05, 4.69) is 6.92 Å². The van der Waals surface area contributed by atoms with Crippen LogP contribution in [0.2, 0.25) is 0 Å². The van der Waals surface area contributed by atoms with E-state index in [0.717, 1.165) is 12.8 Å². The van der Waals surface area contributed by atoms with E-state index in [1.165, 1.54) is 0 Å². The summed E-state index contributed by atoms with van der Waals surface area (Å²) >= 11 is 0. The maximum Gasteiger partial charge on any atom is 0.0467 e. The van der Waals surface area contributed by atoms with E-state index < -0.39 is 0 Å². The van der Waals surface area contributed by atoms with Crippen LogP contribution in [0.4, 0.5) is 0 Å². The van der Waals surface area contributed by atoms with Crippen LogP contribution in [0.3, 0.4) is 0 Å². The second-order valence-electron chi connectivity index (χ2n) is 3.23. The highest BCUT2D eigenvalue weighted by Crippen LogP contribution is 2.23. The lowest BCUT2D eigenvalue weighted by Crippen LogP contribution is -2.29. The largest absolute Gasteiger partial charge is 0.396 e. The minimum absolute atomic E-state index is 0.0464. The van der Waals surface area contributed by atoms with Gasteiger partial charge in [0.15, 0.2) is 0 Å². The molecule has 0 spiro atoms. The third kappa shape index (κ3) is 4.35. The molecule has 0 rings (SSSR count). The highest BCUT2D eigenvalue weighted by molar-refractivity contribution is 4.74. The monoisotopic (exact) mass is 161 g/mol. The Morgan fingerprint density at radius 3 is 2.45 bits per heavy atom. The van der Waals surface area contributed by atoms with Gasteiger partial charge in [-0.2, -0.15) is 0 Å². The molecule has 1 atom stereocenters. The van der Waals surface area contributed by atoms with Crippen LogP contribution in [0, 0.1) is 5.41 Å². The van der Waals surface area contributed by atoms with Gasteiger partial charge in [-0.15, -0.1) is 0 Å². The quantitative estimate of drug-likeness (QED) is 0.592. The molecule has 0 radical (unpaired) electrons. The van der Waals surface area contributed by atoms with Crippen molar-refractivity contribution in [1.29, 1.82) is 0 Å². The highest BCUT2D eigenvalue weighted by atomic mass is 16.5. The molecule has 0 saturated carbocycles. The molecule has 0 amide bonds. The lowest BCUT2D eigenvalue weighted by molar-refractivity contribution is 0.124. The topological polar surface area (TPSA) is 55.5 Å². The van der Waals surface area contributed by atoms with Gasteiger partial charge in [-0.25, -0.2) is 0 Å². The van der Waals surface area contributed by atoms with Gasteiger partial charge in [0.2, 0.25) is 0 Å². The van der Waals surface area contributed by atoms with Crippen LogP contribution in [-0.2, 0) is 4.74 Å². The molecule has 1 unspecified atom stereocenters. The molecular weight excluding hydrogens is 142 g/mol. The normalized spacial score (nSPS) is 16.4. The van der Waals surface area contributed by atoms with Crippen LogP contribution < -0.4 is 5.73 Å². The van der Waals surface area contributed by atoms with Crippen LogP contribution in [0.5, 0.6) is 0 Å². The highest BCUT2D eigenvalue weighted by Gasteiger charge is 2.20. The predicted octanol–water partition coefficient (Wildman–Crippen LogP) is 0.370. The Morgan fingerprint density at radius 2 is 2.09 bits per heavy atom. The number of ether oxygens (including phenoxy) is 1. The van der Waals surface area contributed by atoms with Gasteiger partial charge in [0, 0.05) is 20.3 Å². The first-order chi connectivity index (χ1) is 5.18. The summed E-state index contributed by atoms with van der Waals surface area (Å²) in [6.07, 6.45) is 1.67. The molecule has 0 aliphatic rings. The Kier molecular flexibility index (Phi) is 5.46. The van der Waals surface area contributed by atoms with E-state index in [1.807, 2.05) is 0 Å². The number of rotatable bonds is 6. The molecule has 0 heterocycles. The Balaban J connectivity index is 3.68. The average molecular weight is 161 g/mol. The number of aliphatic hydroxyl groups excluding tert-OH is 1. The first-order valence-electron chi connectivity index (χ1n) is 3.98. The van der Waals surface area contributed by atoms with Crippen molar-refractivity contribution in [1.82, 2.24) is 0 Å². The lowest BCUT2D eigenvalue weighted by Gasteiger charge is -2.26. The molecule has 0 aromatic rings. The average Bonchev–Trinajstić information content (AvgIpc) is 2.02. The second kappa shape index (κ2) is 5.52. The number of hydrogen-bond acceptors (Lipinski definition) is 3. The van der Waals surface area contributed by atoms with Crippen molar-refractivity contribution in [3.05, 3.63) is 0 Å². The van der Waals surface area contributed by atoms with Crippen molar-refractivity contribution in [2.75, 3.05) is 26.9 Å².